The van der Waals surface area contributed by atoms with E-state index in [9.17, 15) is 5.11 Å². The smallest absolute Gasteiger partial charge is 0.155 e. The fraction of sp³-hybridized carbons (Fsp3) is 0.250. The summed E-state index contributed by atoms with van der Waals surface area (Å²) in [7, 11) is 0. The van der Waals surface area contributed by atoms with Crippen molar-refractivity contribution in [3.8, 4) is 0 Å². The molecule has 0 aliphatic heterocycles. The Hall–Kier alpha value is -1.17. The summed E-state index contributed by atoms with van der Waals surface area (Å²) in [5.41, 5.74) is 6.61. The summed E-state index contributed by atoms with van der Waals surface area (Å²) in [6.07, 6.45) is 3.96. The predicted molar refractivity (Wildman–Crippen MR) is 52.0 cm³/mol. The summed E-state index contributed by atoms with van der Waals surface area (Å²) in [5, 5.41) is 9.91. The van der Waals surface area contributed by atoms with E-state index < -0.39 is 6.10 Å². The number of imidazole rings is 1. The lowest BCUT2D eigenvalue weighted by Crippen LogP contribution is -2.13. The maximum atomic E-state index is 9.56. The molecule has 0 bridgehead atoms. The van der Waals surface area contributed by atoms with Crippen molar-refractivity contribution in [2.45, 2.75) is 6.10 Å². The molecule has 5 nitrogen and oxygen atoms in total. The van der Waals surface area contributed by atoms with Crippen molar-refractivity contribution >= 4 is 17.2 Å². The van der Waals surface area contributed by atoms with Crippen molar-refractivity contribution in [3.63, 3.8) is 0 Å². The molecule has 74 valence electrons. The Morgan fingerprint density at radius 2 is 2.29 bits per heavy atom. The van der Waals surface area contributed by atoms with Gasteiger partial charge in [0.1, 0.15) is 11.3 Å². The third kappa shape index (κ3) is 1.45. The quantitative estimate of drug-likeness (QED) is 0.755. The first-order valence-corrected chi connectivity index (χ1v) is 4.47. The van der Waals surface area contributed by atoms with Crippen molar-refractivity contribution in [1.82, 2.24) is 14.4 Å². The van der Waals surface area contributed by atoms with Crippen LogP contribution in [0.4, 0.5) is 0 Å². The lowest BCUT2D eigenvalue weighted by Gasteiger charge is -2.06. The Morgan fingerprint density at radius 1 is 1.50 bits per heavy atom. The molecular formula is C8H9ClN4O. The van der Waals surface area contributed by atoms with E-state index in [4.69, 9.17) is 17.3 Å². The molecule has 3 N–H and O–H groups in total. The zero-order valence-electron chi connectivity index (χ0n) is 7.26. The van der Waals surface area contributed by atoms with Gasteiger partial charge in [0.25, 0.3) is 0 Å². The number of nitrogens with two attached hydrogens (primary N) is 1. The van der Waals surface area contributed by atoms with Gasteiger partial charge in [0.2, 0.25) is 0 Å². The molecule has 6 heteroatoms. The summed E-state index contributed by atoms with van der Waals surface area (Å²) in [4.78, 5) is 7.93. The lowest BCUT2D eigenvalue weighted by molar-refractivity contribution is 0.181. The molecule has 0 aromatic carbocycles. The molecule has 0 saturated heterocycles. The van der Waals surface area contributed by atoms with Gasteiger partial charge in [-0.05, 0) is 0 Å². The molecule has 1 unspecified atom stereocenters. The van der Waals surface area contributed by atoms with E-state index in [1.807, 2.05) is 0 Å². The Bertz CT molecular complexity index is 456. The van der Waals surface area contributed by atoms with E-state index in [1.165, 1.54) is 6.20 Å². The summed E-state index contributed by atoms with van der Waals surface area (Å²) in [6, 6.07) is 0. The van der Waals surface area contributed by atoms with Crippen molar-refractivity contribution in [1.29, 1.82) is 0 Å². The first-order chi connectivity index (χ1) is 6.72. The lowest BCUT2D eigenvalue weighted by atomic mass is 10.3. The van der Waals surface area contributed by atoms with Gasteiger partial charge in [0.05, 0.1) is 18.1 Å². The van der Waals surface area contributed by atoms with Crippen LogP contribution in [0.3, 0.4) is 0 Å². The molecule has 2 heterocycles. The van der Waals surface area contributed by atoms with E-state index in [-0.39, 0.29) is 6.54 Å². The maximum Gasteiger partial charge on any atom is 0.155 e. The molecule has 0 saturated carbocycles. The van der Waals surface area contributed by atoms with Gasteiger partial charge in [0, 0.05) is 12.7 Å². The van der Waals surface area contributed by atoms with Gasteiger partial charge in [0.15, 0.2) is 5.65 Å². The number of aliphatic hydroxyl groups is 1. The van der Waals surface area contributed by atoms with Gasteiger partial charge < -0.3 is 10.8 Å². The summed E-state index contributed by atoms with van der Waals surface area (Å²) in [6.45, 7) is 0.147. The molecule has 14 heavy (non-hydrogen) atoms. The molecule has 0 fully saturated rings. The monoisotopic (exact) mass is 212 g/mol. The summed E-state index contributed by atoms with van der Waals surface area (Å²) < 4.78 is 1.67. The van der Waals surface area contributed by atoms with E-state index in [1.54, 1.807) is 16.8 Å². The van der Waals surface area contributed by atoms with Gasteiger partial charge in [-0.1, -0.05) is 11.6 Å². The maximum absolute atomic E-state index is 9.56. The molecule has 2 rings (SSSR count). The van der Waals surface area contributed by atoms with E-state index >= 15 is 0 Å². The molecular weight excluding hydrogens is 204 g/mol. The van der Waals surface area contributed by atoms with Crippen LogP contribution in [0.5, 0.6) is 0 Å². The molecule has 0 aliphatic rings. The number of rotatable bonds is 2. The highest BCUT2D eigenvalue weighted by molar-refractivity contribution is 6.29. The Kier molecular flexibility index (Phi) is 2.37. The normalized spacial score (nSPS) is 13.4. The third-order valence-corrected chi connectivity index (χ3v) is 2.15. The average Bonchev–Trinajstić information content (AvgIpc) is 2.59. The van der Waals surface area contributed by atoms with Gasteiger partial charge in [-0.25, -0.2) is 9.97 Å². The molecule has 2 aromatic heterocycles. The van der Waals surface area contributed by atoms with Crippen molar-refractivity contribution < 1.29 is 5.11 Å². The van der Waals surface area contributed by atoms with Gasteiger partial charge in [-0.2, -0.15) is 0 Å². The molecule has 2 aromatic rings. The van der Waals surface area contributed by atoms with Crippen LogP contribution in [0.15, 0.2) is 18.6 Å². The number of halogens is 1. The SMILES string of the molecule is NCC(O)c1cnc2cnc(Cl)cn12. The molecule has 0 aliphatic carbocycles. The van der Waals surface area contributed by atoms with Crippen LogP contribution in [-0.4, -0.2) is 26.0 Å². The minimum Gasteiger partial charge on any atom is -0.385 e. The fourth-order valence-electron chi connectivity index (χ4n) is 1.25. The van der Waals surface area contributed by atoms with E-state index in [0.29, 0.717) is 16.5 Å². The average molecular weight is 213 g/mol. The molecule has 0 amide bonds. The number of fused-ring (bicyclic) bond motifs is 1. The zero-order chi connectivity index (χ0) is 10.1. The van der Waals surface area contributed by atoms with Crippen LogP contribution >= 0.6 is 11.6 Å². The van der Waals surface area contributed by atoms with Crippen LogP contribution in [0, 0.1) is 0 Å². The van der Waals surface area contributed by atoms with Crippen LogP contribution in [0.1, 0.15) is 11.8 Å². The molecule has 1 atom stereocenters. The topological polar surface area (TPSA) is 76.4 Å². The Balaban J connectivity index is 2.61. The first-order valence-electron chi connectivity index (χ1n) is 4.09. The minimum atomic E-state index is -0.733. The van der Waals surface area contributed by atoms with Crippen LogP contribution in [0.25, 0.3) is 5.65 Å². The van der Waals surface area contributed by atoms with Gasteiger partial charge >= 0.3 is 0 Å². The second-order valence-electron chi connectivity index (χ2n) is 2.87. The highest BCUT2D eigenvalue weighted by Gasteiger charge is 2.11. The minimum absolute atomic E-state index is 0.147. The number of aromatic nitrogens is 3. The van der Waals surface area contributed by atoms with Gasteiger partial charge in [-0.15, -0.1) is 0 Å². The van der Waals surface area contributed by atoms with Crippen LogP contribution < -0.4 is 5.73 Å². The summed E-state index contributed by atoms with van der Waals surface area (Å²) in [5.74, 6) is 0. The summed E-state index contributed by atoms with van der Waals surface area (Å²) >= 11 is 5.72. The highest BCUT2D eigenvalue weighted by atomic mass is 35.5. The number of nitrogens with zero attached hydrogens (tertiary/aromatic N) is 3. The van der Waals surface area contributed by atoms with Crippen molar-refractivity contribution in [2.24, 2.45) is 5.73 Å². The van der Waals surface area contributed by atoms with Crippen LogP contribution in [0.2, 0.25) is 5.15 Å². The fourth-order valence-corrected chi connectivity index (χ4v) is 1.40. The predicted octanol–water partition coefficient (Wildman–Crippen LogP) is 0.375. The number of hydrogen-bond acceptors (Lipinski definition) is 4. The molecule has 0 spiro atoms. The van der Waals surface area contributed by atoms with E-state index in [2.05, 4.69) is 9.97 Å². The zero-order valence-corrected chi connectivity index (χ0v) is 8.02. The Labute approximate surface area is 85.2 Å². The third-order valence-electron chi connectivity index (χ3n) is 1.96. The largest absolute Gasteiger partial charge is 0.385 e. The van der Waals surface area contributed by atoms with Crippen molar-refractivity contribution in [2.75, 3.05) is 6.54 Å². The second-order valence-corrected chi connectivity index (χ2v) is 3.26. The van der Waals surface area contributed by atoms with E-state index in [0.717, 1.165) is 0 Å². The molecule has 0 radical (unpaired) electrons. The highest BCUT2D eigenvalue weighted by Crippen LogP contribution is 2.15. The van der Waals surface area contributed by atoms with Crippen LogP contribution in [-0.2, 0) is 0 Å². The standard InChI is InChI=1S/C8H9ClN4O/c9-7-4-13-5(6(14)1-10)2-12-8(13)3-11-7/h2-4,6,14H,1,10H2. The second kappa shape index (κ2) is 3.53. The van der Waals surface area contributed by atoms with Crippen molar-refractivity contribution in [3.05, 3.63) is 29.4 Å². The van der Waals surface area contributed by atoms with Gasteiger partial charge in [-0.3, -0.25) is 4.40 Å². The number of hydrogen-bond donors (Lipinski definition) is 2. The number of aliphatic hydroxyl groups excluding tert-OH is 1. The first kappa shape index (κ1) is 9.39. The Morgan fingerprint density at radius 3 is 3.00 bits per heavy atom.